The van der Waals surface area contributed by atoms with Gasteiger partial charge in [0, 0.05) is 12.7 Å². The Balaban J connectivity index is 1.61. The van der Waals surface area contributed by atoms with Gasteiger partial charge in [0.1, 0.15) is 17.6 Å². The number of aromatic nitrogens is 1. The molecule has 1 aromatic carbocycles. The molecule has 1 aliphatic heterocycles. The molecule has 186 valence electrons. The number of pyridine rings is 1. The third kappa shape index (κ3) is 3.75. The Morgan fingerprint density at radius 3 is 2.64 bits per heavy atom. The molecule has 7 nitrogen and oxygen atoms in total. The third-order valence-corrected chi connectivity index (χ3v) is 8.45. The Hall–Kier alpha value is -3.38. The maximum Gasteiger partial charge on any atom is 0.272 e. The second-order valence-electron chi connectivity index (χ2n) is 10.0. The lowest BCUT2D eigenvalue weighted by atomic mass is 9.64. The van der Waals surface area contributed by atoms with Gasteiger partial charge < -0.3 is 15.1 Å². The first-order valence-electron chi connectivity index (χ1n) is 12.3. The van der Waals surface area contributed by atoms with Crippen LogP contribution in [0.2, 0.25) is 0 Å². The summed E-state index contributed by atoms with van der Waals surface area (Å²) in [5, 5.41) is 2.71. The number of nitrogens with one attached hydrogen (secondary N) is 1. The molecule has 1 spiro atoms. The molecule has 36 heavy (non-hydrogen) atoms. The number of hydrogen-bond acceptors (Lipinski definition) is 4. The lowest BCUT2D eigenvalue weighted by molar-refractivity contribution is -0.123. The van der Waals surface area contributed by atoms with Crippen molar-refractivity contribution in [2.45, 2.75) is 57.4 Å². The summed E-state index contributed by atoms with van der Waals surface area (Å²) < 4.78 is 15.1. The number of nitrogens with zero attached hydrogens (tertiary/aromatic N) is 4. The lowest BCUT2D eigenvalue weighted by Gasteiger charge is -2.47. The summed E-state index contributed by atoms with van der Waals surface area (Å²) in [4.78, 5) is 37.3. The normalized spacial score (nSPS) is 25.6. The molecule has 2 aromatic rings. The number of halogens is 1. The van der Waals surface area contributed by atoms with Gasteiger partial charge in [0.15, 0.2) is 5.11 Å². The first kappa shape index (κ1) is 24.3. The minimum atomic E-state index is -0.928. The second-order valence-corrected chi connectivity index (χ2v) is 10.4. The van der Waals surface area contributed by atoms with Crippen LogP contribution in [-0.4, -0.2) is 34.5 Å². The number of anilines is 2. The van der Waals surface area contributed by atoms with E-state index in [1.54, 1.807) is 19.1 Å². The van der Waals surface area contributed by atoms with E-state index in [2.05, 4.69) is 15.1 Å². The average molecular weight is 506 g/mol. The molecule has 5 rings (SSSR count). The summed E-state index contributed by atoms with van der Waals surface area (Å²) in [6.07, 6.45) is 8.31. The predicted octanol–water partition coefficient (Wildman–Crippen LogP) is 5.31. The molecule has 2 heterocycles. The molecule has 1 N–H and O–H groups in total. The van der Waals surface area contributed by atoms with Crippen LogP contribution in [0.15, 0.2) is 30.5 Å². The van der Waals surface area contributed by atoms with Crippen LogP contribution >= 0.6 is 12.2 Å². The van der Waals surface area contributed by atoms with Crippen LogP contribution in [0, 0.1) is 31.1 Å². The minimum absolute atomic E-state index is 0.0610. The van der Waals surface area contributed by atoms with E-state index in [4.69, 9.17) is 18.8 Å². The highest BCUT2D eigenvalue weighted by Crippen LogP contribution is 2.51. The molecular weight excluding hydrogens is 477 g/mol. The summed E-state index contributed by atoms with van der Waals surface area (Å²) in [5.74, 6) is -0.0426. The van der Waals surface area contributed by atoms with E-state index in [0.29, 0.717) is 41.6 Å². The number of benzene rings is 1. The Labute approximate surface area is 215 Å². The van der Waals surface area contributed by atoms with Gasteiger partial charge in [0.25, 0.3) is 17.6 Å². The van der Waals surface area contributed by atoms with Crippen molar-refractivity contribution in [1.82, 2.24) is 10.3 Å². The molecule has 3 fully saturated rings. The molecule has 2 saturated carbocycles. The number of hydrogen-bond donors (Lipinski definition) is 1. The Bertz CT molecular complexity index is 1310. The zero-order chi connectivity index (χ0) is 25.6. The van der Waals surface area contributed by atoms with Crippen molar-refractivity contribution in [1.29, 1.82) is 0 Å². The summed E-state index contributed by atoms with van der Waals surface area (Å²) in [7, 11) is 1.45. The van der Waals surface area contributed by atoms with Crippen molar-refractivity contribution in [2.24, 2.45) is 11.8 Å². The van der Waals surface area contributed by atoms with Crippen molar-refractivity contribution in [3.8, 4) is 0 Å². The van der Waals surface area contributed by atoms with Gasteiger partial charge in [-0.25, -0.2) is 4.39 Å². The first-order chi connectivity index (χ1) is 17.3. The van der Waals surface area contributed by atoms with Gasteiger partial charge in [0.05, 0.1) is 11.3 Å². The predicted molar refractivity (Wildman–Crippen MR) is 140 cm³/mol. The van der Waals surface area contributed by atoms with Gasteiger partial charge in [-0.2, -0.15) is 0 Å². The van der Waals surface area contributed by atoms with Crippen LogP contribution in [0.4, 0.5) is 21.6 Å². The molecule has 2 aliphatic carbocycles. The summed E-state index contributed by atoms with van der Waals surface area (Å²) >= 11 is 5.90. The fourth-order valence-corrected chi connectivity index (χ4v) is 6.77. The third-order valence-electron chi connectivity index (χ3n) is 8.09. The molecule has 1 aromatic heterocycles. The fraction of sp³-hybridized carbons (Fsp3) is 0.444. The van der Waals surface area contributed by atoms with Gasteiger partial charge in [-0.05, 0) is 80.1 Å². The smallest absolute Gasteiger partial charge is 0.272 e. The number of fused-ring (bicyclic) bond motifs is 1. The highest BCUT2D eigenvalue weighted by molar-refractivity contribution is 7.81. The average Bonchev–Trinajstić information content (AvgIpc) is 3.08. The first-order valence-corrected chi connectivity index (χ1v) is 12.8. The van der Waals surface area contributed by atoms with Crippen molar-refractivity contribution >= 4 is 46.3 Å². The highest BCUT2D eigenvalue weighted by Gasteiger charge is 2.59. The maximum absolute atomic E-state index is 15.1. The second kappa shape index (κ2) is 9.25. The van der Waals surface area contributed by atoms with Crippen molar-refractivity contribution < 1.29 is 14.0 Å². The monoisotopic (exact) mass is 505 g/mol. The van der Waals surface area contributed by atoms with Crippen LogP contribution in [-0.2, 0) is 4.79 Å². The van der Waals surface area contributed by atoms with Crippen molar-refractivity contribution in [2.75, 3.05) is 16.8 Å². The van der Waals surface area contributed by atoms with E-state index < -0.39 is 17.3 Å². The van der Waals surface area contributed by atoms with Crippen LogP contribution in [0.1, 0.15) is 60.9 Å². The van der Waals surface area contributed by atoms with Crippen molar-refractivity contribution in [3.05, 3.63) is 58.8 Å². The highest BCUT2D eigenvalue weighted by atomic mass is 32.1. The zero-order valence-electron chi connectivity index (χ0n) is 20.4. The number of rotatable bonds is 3. The van der Waals surface area contributed by atoms with E-state index in [1.807, 2.05) is 4.90 Å². The van der Waals surface area contributed by atoms with Gasteiger partial charge >= 0.3 is 0 Å². The molecule has 3 atom stereocenters. The number of amides is 2. The molecule has 2 amide bonds. The van der Waals surface area contributed by atoms with Crippen LogP contribution < -0.4 is 15.1 Å². The van der Waals surface area contributed by atoms with Gasteiger partial charge in [-0.1, -0.05) is 32.3 Å². The van der Waals surface area contributed by atoms with E-state index in [0.717, 1.165) is 19.3 Å². The maximum atomic E-state index is 15.1. The summed E-state index contributed by atoms with van der Waals surface area (Å²) in [5.41, 5.74) is 0.627. The number of carbonyl (C=O) groups excluding carboxylic acids is 2. The zero-order valence-corrected chi connectivity index (χ0v) is 21.2. The topological polar surface area (TPSA) is 69.9 Å². The van der Waals surface area contributed by atoms with E-state index >= 15 is 4.39 Å². The SMILES string of the molecule is [C-]#[N+]c1ncc(N2C(=O)C3(CCC4CCCCC4C3)N(c3ccc(C(=O)NC)c(F)c3)C2=S)cc1C. The Kier molecular flexibility index (Phi) is 6.25. The molecular formula is C27H28FN5O2S. The minimum Gasteiger partial charge on any atom is -0.360 e. The lowest BCUT2D eigenvalue weighted by Crippen LogP contribution is -2.55. The largest absolute Gasteiger partial charge is 0.360 e. The summed E-state index contributed by atoms with van der Waals surface area (Å²) in [6, 6.07) is 6.16. The number of carbonyl (C=O) groups is 2. The quantitative estimate of drug-likeness (QED) is 0.453. The van der Waals surface area contributed by atoms with E-state index in [-0.39, 0.29) is 22.4 Å². The molecule has 3 aliphatic rings. The fourth-order valence-electron chi connectivity index (χ4n) is 6.30. The molecule has 0 radical (unpaired) electrons. The number of aryl methyl sites for hydroxylation is 1. The van der Waals surface area contributed by atoms with Crippen LogP contribution in [0.3, 0.4) is 0 Å². The van der Waals surface area contributed by atoms with Gasteiger partial charge in [-0.3, -0.25) is 14.5 Å². The molecule has 9 heteroatoms. The van der Waals surface area contributed by atoms with Gasteiger partial charge in [0.2, 0.25) is 0 Å². The Morgan fingerprint density at radius 1 is 1.22 bits per heavy atom. The Morgan fingerprint density at radius 2 is 1.97 bits per heavy atom. The number of thiocarbonyl (C=S) groups is 1. The van der Waals surface area contributed by atoms with Crippen LogP contribution in [0.5, 0.6) is 0 Å². The molecule has 1 saturated heterocycles. The van der Waals surface area contributed by atoms with E-state index in [1.165, 1.54) is 43.1 Å². The van der Waals surface area contributed by atoms with Crippen LogP contribution in [0.25, 0.3) is 4.85 Å². The van der Waals surface area contributed by atoms with Crippen molar-refractivity contribution in [3.63, 3.8) is 0 Å². The standard InChI is InChI=1S/C27H28FN5O2S/c1-16-12-20(15-31-23(16)29-2)32-25(35)27(11-10-17-6-4-5-7-18(17)14-27)33(26(32)36)19-8-9-21(22(28)13-19)24(34)30-3/h8-9,12-13,15,17-18H,4-7,10-11,14H2,1,3H3,(H,30,34). The molecule has 0 bridgehead atoms. The van der Waals surface area contributed by atoms with Gasteiger partial charge in [-0.15, -0.1) is 4.98 Å². The van der Waals surface area contributed by atoms with E-state index in [9.17, 15) is 9.59 Å². The summed E-state index contributed by atoms with van der Waals surface area (Å²) in [6.45, 7) is 9.07. The molecule has 3 unspecified atom stereocenters.